The average Bonchev–Trinajstić information content (AvgIpc) is 2.82. The van der Waals surface area contributed by atoms with E-state index in [4.69, 9.17) is 10.8 Å². The molecular weight excluding hydrogens is 264 g/mol. The molecule has 0 aliphatic carbocycles. The summed E-state index contributed by atoms with van der Waals surface area (Å²) in [5.41, 5.74) is 11.3. The molecule has 2 aromatic rings. The molecule has 0 fully saturated rings. The number of carbonyl (C=O) groups is 1. The van der Waals surface area contributed by atoms with Crippen molar-refractivity contribution in [2.75, 3.05) is 0 Å². The molecule has 1 atom stereocenters. The van der Waals surface area contributed by atoms with Crippen molar-refractivity contribution in [1.82, 2.24) is 4.98 Å². The molecule has 0 radical (unpaired) electrons. The van der Waals surface area contributed by atoms with Gasteiger partial charge in [-0.25, -0.2) is 0 Å². The lowest BCUT2D eigenvalue weighted by Crippen LogP contribution is -2.32. The highest BCUT2D eigenvalue weighted by atomic mass is 16.4. The number of rotatable bonds is 5. The second-order valence-corrected chi connectivity index (χ2v) is 5.74. The molecule has 0 saturated carbocycles. The Balaban J connectivity index is 2.44. The number of aryl methyl sites for hydroxylation is 1. The maximum absolute atomic E-state index is 10.9. The van der Waals surface area contributed by atoms with Crippen molar-refractivity contribution in [2.45, 2.75) is 39.7 Å². The van der Waals surface area contributed by atoms with Gasteiger partial charge in [0.15, 0.2) is 0 Å². The third kappa shape index (κ3) is 3.34. The van der Waals surface area contributed by atoms with E-state index in [1.165, 1.54) is 11.1 Å². The highest BCUT2D eigenvalue weighted by molar-refractivity contribution is 5.90. The molecule has 1 aromatic carbocycles. The fourth-order valence-corrected chi connectivity index (χ4v) is 2.53. The van der Waals surface area contributed by atoms with Gasteiger partial charge in [0.2, 0.25) is 0 Å². The van der Waals surface area contributed by atoms with Crippen LogP contribution in [0, 0.1) is 6.92 Å². The molecule has 1 heterocycles. The van der Waals surface area contributed by atoms with Crippen molar-refractivity contribution in [1.29, 1.82) is 0 Å². The fraction of sp³-hybridized carbons (Fsp3) is 0.353. The molecule has 1 unspecified atom stereocenters. The van der Waals surface area contributed by atoms with Crippen molar-refractivity contribution in [3.8, 4) is 0 Å². The van der Waals surface area contributed by atoms with Gasteiger partial charge in [-0.3, -0.25) is 4.79 Å². The zero-order chi connectivity index (χ0) is 15.6. The number of H-pyrrole nitrogens is 1. The second-order valence-electron chi connectivity index (χ2n) is 5.74. The predicted octanol–water partition coefficient (Wildman–Crippen LogP) is 2.94. The summed E-state index contributed by atoms with van der Waals surface area (Å²) in [6, 6.07) is 3.33. The minimum absolute atomic E-state index is 0.336. The Bertz CT molecular complexity index is 694. The van der Waals surface area contributed by atoms with Crippen LogP contribution in [0.4, 0.5) is 0 Å². The molecule has 0 bridgehead atoms. The van der Waals surface area contributed by atoms with Gasteiger partial charge in [0.05, 0.1) is 0 Å². The van der Waals surface area contributed by atoms with Crippen LogP contribution in [-0.4, -0.2) is 22.1 Å². The van der Waals surface area contributed by atoms with Crippen molar-refractivity contribution in [3.05, 3.63) is 46.7 Å². The number of carboxylic acid groups (broad SMARTS) is 1. The Morgan fingerprint density at radius 2 is 2.10 bits per heavy atom. The smallest absolute Gasteiger partial charge is 0.320 e. The van der Waals surface area contributed by atoms with Gasteiger partial charge in [0.1, 0.15) is 6.04 Å². The van der Waals surface area contributed by atoms with Crippen LogP contribution in [0.1, 0.15) is 30.5 Å². The average molecular weight is 286 g/mol. The normalized spacial score (nSPS) is 12.4. The Hall–Kier alpha value is -2.07. The van der Waals surface area contributed by atoms with E-state index >= 15 is 0 Å². The Morgan fingerprint density at radius 3 is 2.71 bits per heavy atom. The van der Waals surface area contributed by atoms with E-state index in [1.54, 1.807) is 0 Å². The minimum Gasteiger partial charge on any atom is -0.480 e. The summed E-state index contributed by atoms with van der Waals surface area (Å²) in [4.78, 5) is 14.2. The molecule has 1 aromatic heterocycles. The number of aromatic nitrogens is 1. The first-order valence-electron chi connectivity index (χ1n) is 7.10. The van der Waals surface area contributed by atoms with Gasteiger partial charge in [-0.05, 0) is 43.9 Å². The molecule has 0 aliphatic rings. The molecule has 0 aliphatic heterocycles. The van der Waals surface area contributed by atoms with Gasteiger partial charge < -0.3 is 15.8 Å². The lowest BCUT2D eigenvalue weighted by atomic mass is 9.98. The predicted molar refractivity (Wildman–Crippen MR) is 85.5 cm³/mol. The summed E-state index contributed by atoms with van der Waals surface area (Å²) in [5.74, 6) is -0.970. The number of allylic oxidation sites excluding steroid dienone is 2. The summed E-state index contributed by atoms with van der Waals surface area (Å²) in [5, 5.41) is 10.1. The fourth-order valence-electron chi connectivity index (χ4n) is 2.53. The first kappa shape index (κ1) is 15.3. The van der Waals surface area contributed by atoms with E-state index in [2.05, 4.69) is 37.0 Å². The molecule has 4 heteroatoms. The number of benzene rings is 1. The van der Waals surface area contributed by atoms with Gasteiger partial charge in [0.25, 0.3) is 0 Å². The van der Waals surface area contributed by atoms with E-state index < -0.39 is 12.0 Å². The molecular formula is C17H22N2O2. The summed E-state index contributed by atoms with van der Waals surface area (Å²) < 4.78 is 0. The third-order valence-corrected chi connectivity index (χ3v) is 3.70. The van der Waals surface area contributed by atoms with E-state index in [0.717, 1.165) is 28.5 Å². The maximum Gasteiger partial charge on any atom is 0.320 e. The molecule has 4 nitrogen and oxygen atoms in total. The SMILES string of the molecule is CC(C)=CCc1ccc(C)c2c(CC(N)C(=O)O)c[nH]c12. The summed E-state index contributed by atoms with van der Waals surface area (Å²) >= 11 is 0. The molecule has 21 heavy (non-hydrogen) atoms. The first-order chi connectivity index (χ1) is 9.90. The topological polar surface area (TPSA) is 79.1 Å². The van der Waals surface area contributed by atoms with Gasteiger partial charge in [-0.15, -0.1) is 0 Å². The van der Waals surface area contributed by atoms with Gasteiger partial charge in [-0.1, -0.05) is 23.8 Å². The lowest BCUT2D eigenvalue weighted by Gasteiger charge is -2.08. The van der Waals surface area contributed by atoms with Crippen LogP contribution < -0.4 is 5.73 Å². The number of nitrogens with two attached hydrogens (primary N) is 1. The van der Waals surface area contributed by atoms with Gasteiger partial charge >= 0.3 is 5.97 Å². The van der Waals surface area contributed by atoms with Crippen molar-refractivity contribution in [3.63, 3.8) is 0 Å². The Morgan fingerprint density at radius 1 is 1.38 bits per heavy atom. The van der Waals surface area contributed by atoms with Gasteiger partial charge in [0, 0.05) is 23.5 Å². The summed E-state index contributed by atoms with van der Waals surface area (Å²) in [6.45, 7) is 6.20. The molecule has 4 N–H and O–H groups in total. The van der Waals surface area contributed by atoms with Crippen LogP contribution in [-0.2, 0) is 17.6 Å². The quantitative estimate of drug-likeness (QED) is 0.739. The number of fused-ring (bicyclic) bond motifs is 1. The van der Waals surface area contributed by atoms with Gasteiger partial charge in [-0.2, -0.15) is 0 Å². The van der Waals surface area contributed by atoms with Crippen LogP contribution in [0.2, 0.25) is 0 Å². The van der Waals surface area contributed by atoms with E-state index in [0.29, 0.717) is 6.42 Å². The molecule has 2 rings (SSSR count). The number of nitrogens with one attached hydrogen (secondary N) is 1. The Kier molecular flexibility index (Phi) is 4.48. The van der Waals surface area contributed by atoms with Crippen LogP contribution >= 0.6 is 0 Å². The van der Waals surface area contributed by atoms with E-state index in [9.17, 15) is 4.79 Å². The molecule has 0 amide bonds. The monoisotopic (exact) mass is 286 g/mol. The first-order valence-corrected chi connectivity index (χ1v) is 7.10. The van der Waals surface area contributed by atoms with Crippen LogP contribution in [0.5, 0.6) is 0 Å². The summed E-state index contributed by atoms with van der Waals surface area (Å²) in [7, 11) is 0. The largest absolute Gasteiger partial charge is 0.480 e. The highest BCUT2D eigenvalue weighted by Crippen LogP contribution is 2.27. The second kappa shape index (κ2) is 6.14. The standard InChI is InChI=1S/C17H22N2O2/c1-10(2)4-6-12-7-5-11(3)15-13(9-19-16(12)15)8-14(18)17(20)21/h4-5,7,9,14,19H,6,8,18H2,1-3H3,(H,20,21). The van der Waals surface area contributed by atoms with Crippen molar-refractivity contribution < 1.29 is 9.90 Å². The number of carboxylic acids is 1. The lowest BCUT2D eigenvalue weighted by molar-refractivity contribution is -0.138. The maximum atomic E-state index is 10.9. The van der Waals surface area contributed by atoms with E-state index in [1.807, 2.05) is 13.1 Å². The number of hydrogen-bond acceptors (Lipinski definition) is 2. The highest BCUT2D eigenvalue weighted by Gasteiger charge is 2.16. The molecule has 0 saturated heterocycles. The van der Waals surface area contributed by atoms with Crippen molar-refractivity contribution in [2.24, 2.45) is 5.73 Å². The third-order valence-electron chi connectivity index (χ3n) is 3.70. The Labute approximate surface area is 124 Å². The molecule has 0 spiro atoms. The minimum atomic E-state index is -0.970. The van der Waals surface area contributed by atoms with E-state index in [-0.39, 0.29) is 0 Å². The zero-order valence-electron chi connectivity index (χ0n) is 12.7. The number of hydrogen-bond donors (Lipinski definition) is 3. The van der Waals surface area contributed by atoms with Crippen LogP contribution in [0.3, 0.4) is 0 Å². The number of aliphatic carboxylic acids is 1. The van der Waals surface area contributed by atoms with Crippen LogP contribution in [0.25, 0.3) is 10.9 Å². The number of aromatic amines is 1. The molecule has 112 valence electrons. The van der Waals surface area contributed by atoms with Crippen LogP contribution in [0.15, 0.2) is 30.0 Å². The summed E-state index contributed by atoms with van der Waals surface area (Å²) in [6.07, 6.45) is 5.27. The van der Waals surface area contributed by atoms with Crippen molar-refractivity contribution >= 4 is 16.9 Å². The zero-order valence-corrected chi connectivity index (χ0v) is 12.7.